The Morgan fingerprint density at radius 1 is 1.55 bits per heavy atom. The summed E-state index contributed by atoms with van der Waals surface area (Å²) in [5, 5.41) is 10.9. The van der Waals surface area contributed by atoms with Gasteiger partial charge < -0.3 is 4.74 Å². The van der Waals surface area contributed by atoms with Gasteiger partial charge in [0.1, 0.15) is 0 Å². The van der Waals surface area contributed by atoms with Crippen molar-refractivity contribution < 1.29 is 14.5 Å². The maximum Gasteiger partial charge on any atom is 0.310 e. The number of rotatable bonds is 4. The van der Waals surface area contributed by atoms with E-state index in [4.69, 9.17) is 4.74 Å². The Labute approximate surface area is 117 Å². The molecule has 1 aliphatic heterocycles. The molecule has 0 aliphatic carbocycles. The molecule has 0 aromatic heterocycles. The number of nitro groups is 1. The predicted octanol–water partition coefficient (Wildman–Crippen LogP) is 1.90. The zero-order valence-electron chi connectivity index (χ0n) is 11.7. The zero-order chi connectivity index (χ0) is 14.7. The Kier molecular flexibility index (Phi) is 4.34. The molecule has 2 rings (SSSR count). The van der Waals surface area contributed by atoms with Crippen molar-refractivity contribution >= 4 is 11.7 Å². The summed E-state index contributed by atoms with van der Waals surface area (Å²) in [6, 6.07) is 5.11. The Balaban J connectivity index is 2.07. The summed E-state index contributed by atoms with van der Waals surface area (Å²) in [7, 11) is 1.40. The van der Waals surface area contributed by atoms with Gasteiger partial charge in [0.15, 0.2) is 0 Å². The van der Waals surface area contributed by atoms with Gasteiger partial charge in [0, 0.05) is 24.7 Å². The predicted molar refractivity (Wildman–Crippen MR) is 73.2 cm³/mol. The van der Waals surface area contributed by atoms with Crippen LogP contribution in [0.25, 0.3) is 0 Å². The van der Waals surface area contributed by atoms with E-state index >= 15 is 0 Å². The second kappa shape index (κ2) is 6.00. The van der Waals surface area contributed by atoms with Gasteiger partial charge in [-0.1, -0.05) is 12.1 Å². The number of benzene rings is 1. The summed E-state index contributed by atoms with van der Waals surface area (Å²) in [5.74, 6) is -0.262. The van der Waals surface area contributed by atoms with Crippen molar-refractivity contribution in [2.75, 3.05) is 20.2 Å². The van der Waals surface area contributed by atoms with Gasteiger partial charge in [-0.25, -0.2) is 0 Å². The highest BCUT2D eigenvalue weighted by molar-refractivity contribution is 5.72. The van der Waals surface area contributed by atoms with Crippen LogP contribution in [0.15, 0.2) is 18.2 Å². The number of hydrogen-bond acceptors (Lipinski definition) is 5. The van der Waals surface area contributed by atoms with Gasteiger partial charge in [-0.3, -0.25) is 19.8 Å². The van der Waals surface area contributed by atoms with Crippen molar-refractivity contribution in [3.05, 3.63) is 39.4 Å². The molecule has 0 bridgehead atoms. The van der Waals surface area contributed by atoms with Gasteiger partial charge in [0.25, 0.3) is 5.69 Å². The summed E-state index contributed by atoms with van der Waals surface area (Å²) >= 11 is 0. The van der Waals surface area contributed by atoms with E-state index in [1.165, 1.54) is 13.2 Å². The number of nitrogens with zero attached hydrogens (tertiary/aromatic N) is 2. The van der Waals surface area contributed by atoms with Gasteiger partial charge in [-0.2, -0.15) is 0 Å². The molecule has 1 aromatic rings. The molecule has 6 heteroatoms. The van der Waals surface area contributed by atoms with Crippen molar-refractivity contribution in [3.63, 3.8) is 0 Å². The van der Waals surface area contributed by atoms with E-state index < -0.39 is 0 Å². The third kappa shape index (κ3) is 2.96. The first-order valence-corrected chi connectivity index (χ1v) is 6.56. The Morgan fingerprint density at radius 3 is 2.95 bits per heavy atom. The SMILES string of the molecule is COC(=O)C1CCN(Cc2cccc([N+](=O)[O-])c2C)C1. The van der Waals surface area contributed by atoms with Crippen LogP contribution in [0, 0.1) is 23.0 Å². The lowest BCUT2D eigenvalue weighted by molar-refractivity contribution is -0.385. The molecule has 1 saturated heterocycles. The highest BCUT2D eigenvalue weighted by Gasteiger charge is 2.29. The van der Waals surface area contributed by atoms with Crippen molar-refractivity contribution in [1.82, 2.24) is 4.90 Å². The quantitative estimate of drug-likeness (QED) is 0.478. The molecule has 6 nitrogen and oxygen atoms in total. The topological polar surface area (TPSA) is 72.7 Å². The first-order valence-electron chi connectivity index (χ1n) is 6.56. The molecule has 0 spiro atoms. The van der Waals surface area contributed by atoms with E-state index in [1.807, 2.05) is 6.07 Å². The molecule has 0 N–H and O–H groups in total. The van der Waals surface area contributed by atoms with Crippen molar-refractivity contribution in [3.8, 4) is 0 Å². The molecular formula is C14H18N2O4. The lowest BCUT2D eigenvalue weighted by Gasteiger charge is -2.17. The number of ether oxygens (including phenoxy) is 1. The third-order valence-electron chi connectivity index (χ3n) is 3.81. The van der Waals surface area contributed by atoms with E-state index in [0.29, 0.717) is 18.7 Å². The largest absolute Gasteiger partial charge is 0.469 e. The second-order valence-electron chi connectivity index (χ2n) is 5.06. The minimum atomic E-state index is -0.361. The van der Waals surface area contributed by atoms with Gasteiger partial charge in [-0.15, -0.1) is 0 Å². The minimum Gasteiger partial charge on any atom is -0.469 e. The number of carbonyl (C=O) groups is 1. The van der Waals surface area contributed by atoms with Crippen LogP contribution in [0.2, 0.25) is 0 Å². The highest BCUT2D eigenvalue weighted by atomic mass is 16.6. The summed E-state index contributed by atoms with van der Waals surface area (Å²) in [4.78, 5) is 24.2. The summed E-state index contributed by atoms with van der Waals surface area (Å²) in [6.07, 6.45) is 0.778. The Hall–Kier alpha value is -1.95. The summed E-state index contributed by atoms with van der Waals surface area (Å²) in [5.41, 5.74) is 1.77. The van der Waals surface area contributed by atoms with Gasteiger partial charge >= 0.3 is 5.97 Å². The number of methoxy groups -OCH3 is 1. The molecule has 1 fully saturated rings. The van der Waals surface area contributed by atoms with Gasteiger partial charge in [0.2, 0.25) is 0 Å². The standard InChI is InChI=1S/C14H18N2O4/c1-10-11(4-3-5-13(10)16(18)19)8-15-7-6-12(9-15)14(17)20-2/h3-5,12H,6-9H2,1-2H3. The van der Waals surface area contributed by atoms with Crippen LogP contribution < -0.4 is 0 Å². The molecule has 1 aliphatic rings. The monoisotopic (exact) mass is 278 g/mol. The lowest BCUT2D eigenvalue weighted by Crippen LogP contribution is -2.24. The van der Waals surface area contributed by atoms with E-state index in [9.17, 15) is 14.9 Å². The first kappa shape index (κ1) is 14.5. The number of esters is 1. The highest BCUT2D eigenvalue weighted by Crippen LogP contribution is 2.25. The van der Waals surface area contributed by atoms with Crippen molar-refractivity contribution in [2.45, 2.75) is 19.9 Å². The van der Waals surface area contributed by atoms with E-state index in [1.54, 1.807) is 13.0 Å². The Bertz CT molecular complexity index is 530. The maximum atomic E-state index is 11.5. The van der Waals surface area contributed by atoms with E-state index in [-0.39, 0.29) is 22.5 Å². The minimum absolute atomic E-state index is 0.0843. The van der Waals surface area contributed by atoms with Crippen molar-refractivity contribution in [2.24, 2.45) is 5.92 Å². The van der Waals surface area contributed by atoms with Crippen LogP contribution in [-0.2, 0) is 16.1 Å². The number of hydrogen-bond donors (Lipinski definition) is 0. The Morgan fingerprint density at radius 2 is 2.30 bits per heavy atom. The van der Waals surface area contributed by atoms with Gasteiger partial charge in [0.05, 0.1) is 18.0 Å². The molecule has 1 atom stereocenters. The number of carbonyl (C=O) groups excluding carboxylic acids is 1. The fraction of sp³-hybridized carbons (Fsp3) is 0.500. The summed E-state index contributed by atoms with van der Waals surface area (Å²) in [6.45, 7) is 3.85. The van der Waals surface area contributed by atoms with Crippen LogP contribution in [0.3, 0.4) is 0 Å². The molecule has 108 valence electrons. The maximum absolute atomic E-state index is 11.5. The molecule has 0 amide bonds. The first-order chi connectivity index (χ1) is 9.52. The summed E-state index contributed by atoms with van der Waals surface area (Å²) < 4.78 is 4.75. The molecule has 0 radical (unpaired) electrons. The second-order valence-corrected chi connectivity index (χ2v) is 5.06. The smallest absolute Gasteiger partial charge is 0.310 e. The van der Waals surface area contributed by atoms with Crippen LogP contribution in [-0.4, -0.2) is 36.0 Å². The fourth-order valence-corrected chi connectivity index (χ4v) is 2.62. The fourth-order valence-electron chi connectivity index (χ4n) is 2.62. The van der Waals surface area contributed by atoms with E-state index in [2.05, 4.69) is 4.90 Å². The molecule has 1 unspecified atom stereocenters. The molecule has 20 heavy (non-hydrogen) atoms. The van der Waals surface area contributed by atoms with Crippen LogP contribution in [0.4, 0.5) is 5.69 Å². The zero-order valence-corrected chi connectivity index (χ0v) is 11.7. The molecule has 0 saturated carbocycles. The van der Waals surface area contributed by atoms with Gasteiger partial charge in [-0.05, 0) is 25.5 Å². The lowest BCUT2D eigenvalue weighted by atomic mass is 10.1. The molecule has 1 heterocycles. The van der Waals surface area contributed by atoms with Crippen LogP contribution in [0.5, 0.6) is 0 Å². The number of nitro benzene ring substituents is 1. The molecule has 1 aromatic carbocycles. The normalized spacial score (nSPS) is 19.0. The van der Waals surface area contributed by atoms with Crippen molar-refractivity contribution in [1.29, 1.82) is 0 Å². The van der Waals surface area contributed by atoms with Crippen LogP contribution >= 0.6 is 0 Å². The molecular weight excluding hydrogens is 260 g/mol. The average Bonchev–Trinajstić information content (AvgIpc) is 2.88. The average molecular weight is 278 g/mol. The van der Waals surface area contributed by atoms with Crippen LogP contribution in [0.1, 0.15) is 17.5 Å². The van der Waals surface area contributed by atoms with E-state index in [0.717, 1.165) is 18.5 Å². The third-order valence-corrected chi connectivity index (χ3v) is 3.81. The number of likely N-dealkylation sites (tertiary alicyclic amines) is 1.